The molecule has 0 aliphatic rings. The standard InChI is InChI=1S/C11H21N3O6S/c1-11(2,21(3,19)20)6-13-10(18)14-7(9(16)17)4-5-8(12)15/h7H,4-6H2,1-3H3,(H2,12,15)(H,16,17)(H2,13,14,18)/t7-/m0/s1. The molecular formula is C11H21N3O6S. The maximum Gasteiger partial charge on any atom is 0.326 e. The van der Waals surface area contributed by atoms with Gasteiger partial charge >= 0.3 is 12.0 Å². The molecule has 1 atom stereocenters. The van der Waals surface area contributed by atoms with Crippen LogP contribution in [0.3, 0.4) is 0 Å². The summed E-state index contributed by atoms with van der Waals surface area (Å²) in [7, 11) is -3.38. The third-order valence-electron chi connectivity index (χ3n) is 2.96. The van der Waals surface area contributed by atoms with E-state index in [4.69, 9.17) is 10.8 Å². The number of carboxylic acid groups (broad SMARTS) is 1. The molecule has 0 heterocycles. The molecule has 0 rings (SSSR count). The Bertz CT molecular complexity index is 514. The minimum Gasteiger partial charge on any atom is -0.480 e. The van der Waals surface area contributed by atoms with Gasteiger partial charge in [-0.25, -0.2) is 18.0 Å². The first kappa shape index (κ1) is 19.2. The number of nitrogens with one attached hydrogen (secondary N) is 2. The van der Waals surface area contributed by atoms with Gasteiger partial charge in [-0.1, -0.05) is 0 Å². The molecule has 0 aromatic carbocycles. The minimum atomic E-state index is -3.38. The molecule has 10 heteroatoms. The van der Waals surface area contributed by atoms with Crippen LogP contribution < -0.4 is 16.4 Å². The van der Waals surface area contributed by atoms with Crippen LogP contribution in [0.4, 0.5) is 4.79 Å². The summed E-state index contributed by atoms with van der Waals surface area (Å²) >= 11 is 0. The van der Waals surface area contributed by atoms with E-state index in [1.807, 2.05) is 0 Å². The smallest absolute Gasteiger partial charge is 0.326 e. The third kappa shape index (κ3) is 6.93. The quantitative estimate of drug-likeness (QED) is 0.441. The number of hydrogen-bond acceptors (Lipinski definition) is 5. The molecule has 0 aromatic rings. The van der Waals surface area contributed by atoms with Crippen LogP contribution in [0.25, 0.3) is 0 Å². The van der Waals surface area contributed by atoms with E-state index in [-0.39, 0.29) is 19.4 Å². The van der Waals surface area contributed by atoms with Crippen LogP contribution in [0.2, 0.25) is 0 Å². The summed E-state index contributed by atoms with van der Waals surface area (Å²) in [6.45, 7) is 2.69. The first-order valence-corrected chi connectivity index (χ1v) is 8.01. The zero-order valence-electron chi connectivity index (χ0n) is 12.2. The molecule has 5 N–H and O–H groups in total. The van der Waals surface area contributed by atoms with Crippen LogP contribution in [0.5, 0.6) is 0 Å². The number of hydrogen-bond donors (Lipinski definition) is 4. The average molecular weight is 323 g/mol. The topological polar surface area (TPSA) is 156 Å². The predicted molar refractivity (Wildman–Crippen MR) is 75.3 cm³/mol. The van der Waals surface area contributed by atoms with E-state index in [1.165, 1.54) is 13.8 Å². The van der Waals surface area contributed by atoms with Crippen LogP contribution >= 0.6 is 0 Å². The number of carbonyl (C=O) groups is 3. The molecule has 0 aliphatic heterocycles. The Labute approximate surface area is 123 Å². The Kier molecular flexibility index (Phi) is 6.61. The molecule has 21 heavy (non-hydrogen) atoms. The average Bonchev–Trinajstić information content (AvgIpc) is 2.29. The summed E-state index contributed by atoms with van der Waals surface area (Å²) in [6.07, 6.45) is 0.707. The van der Waals surface area contributed by atoms with Gasteiger partial charge in [-0.05, 0) is 20.3 Å². The highest BCUT2D eigenvalue weighted by atomic mass is 32.2. The minimum absolute atomic E-state index is 0.145. The fraction of sp³-hybridized carbons (Fsp3) is 0.727. The lowest BCUT2D eigenvalue weighted by molar-refractivity contribution is -0.139. The van der Waals surface area contributed by atoms with Gasteiger partial charge in [0.25, 0.3) is 0 Å². The molecule has 0 unspecified atom stereocenters. The lowest BCUT2D eigenvalue weighted by atomic mass is 10.1. The summed E-state index contributed by atoms with van der Waals surface area (Å²) in [5.74, 6) is -1.99. The van der Waals surface area contributed by atoms with Crippen molar-refractivity contribution in [3.63, 3.8) is 0 Å². The molecule has 0 spiro atoms. The Balaban J connectivity index is 4.52. The number of nitrogens with two attached hydrogens (primary N) is 1. The van der Waals surface area contributed by atoms with E-state index in [9.17, 15) is 22.8 Å². The highest BCUT2D eigenvalue weighted by Gasteiger charge is 2.31. The Morgan fingerprint density at radius 3 is 2.19 bits per heavy atom. The van der Waals surface area contributed by atoms with Gasteiger partial charge in [-0.3, -0.25) is 4.79 Å². The van der Waals surface area contributed by atoms with Crippen LogP contribution in [0.15, 0.2) is 0 Å². The summed E-state index contributed by atoms with van der Waals surface area (Å²) in [5, 5.41) is 13.3. The van der Waals surface area contributed by atoms with Crippen molar-refractivity contribution in [2.24, 2.45) is 5.73 Å². The van der Waals surface area contributed by atoms with Crippen molar-refractivity contribution >= 4 is 27.7 Å². The highest BCUT2D eigenvalue weighted by molar-refractivity contribution is 7.92. The van der Waals surface area contributed by atoms with Crippen LogP contribution in [0, 0.1) is 0 Å². The maximum absolute atomic E-state index is 11.6. The van der Waals surface area contributed by atoms with Gasteiger partial charge in [0.05, 0.1) is 4.75 Å². The number of carbonyl (C=O) groups excluding carboxylic acids is 2. The Morgan fingerprint density at radius 2 is 1.81 bits per heavy atom. The molecule has 0 saturated carbocycles. The number of primary amides is 1. The maximum atomic E-state index is 11.6. The highest BCUT2D eigenvalue weighted by Crippen LogP contribution is 2.13. The van der Waals surface area contributed by atoms with Gasteiger partial charge in [0.15, 0.2) is 9.84 Å². The van der Waals surface area contributed by atoms with Crippen LogP contribution in [0.1, 0.15) is 26.7 Å². The normalized spacial score (nSPS) is 13.3. The summed E-state index contributed by atoms with van der Waals surface area (Å²) in [6, 6.07) is -2.11. The summed E-state index contributed by atoms with van der Waals surface area (Å²) in [4.78, 5) is 33.1. The van der Waals surface area contributed by atoms with Gasteiger partial charge in [0, 0.05) is 19.2 Å². The molecule has 0 aliphatic carbocycles. The SMILES string of the molecule is CC(C)(CNC(=O)N[C@@H](CCC(N)=O)C(=O)O)S(C)(=O)=O. The van der Waals surface area contributed by atoms with E-state index in [2.05, 4.69) is 10.6 Å². The van der Waals surface area contributed by atoms with Crippen molar-refractivity contribution in [3.05, 3.63) is 0 Å². The van der Waals surface area contributed by atoms with E-state index in [0.29, 0.717) is 0 Å². The zero-order valence-corrected chi connectivity index (χ0v) is 13.0. The van der Waals surface area contributed by atoms with E-state index >= 15 is 0 Å². The summed E-state index contributed by atoms with van der Waals surface area (Å²) < 4.78 is 21.7. The molecule has 0 bridgehead atoms. The van der Waals surface area contributed by atoms with Crippen molar-refractivity contribution in [1.29, 1.82) is 0 Å². The molecule has 0 aromatic heterocycles. The second-order valence-electron chi connectivity index (χ2n) is 5.25. The fourth-order valence-electron chi connectivity index (χ4n) is 1.18. The van der Waals surface area contributed by atoms with Gasteiger partial charge in [0.2, 0.25) is 5.91 Å². The number of carboxylic acids is 1. The van der Waals surface area contributed by atoms with Gasteiger partial charge < -0.3 is 21.5 Å². The summed E-state index contributed by atoms with van der Waals surface area (Å²) in [5.41, 5.74) is 4.91. The lowest BCUT2D eigenvalue weighted by Crippen LogP contribution is -2.51. The number of urea groups is 1. The number of amides is 3. The molecule has 122 valence electrons. The van der Waals surface area contributed by atoms with E-state index < -0.39 is 38.5 Å². The van der Waals surface area contributed by atoms with Crippen molar-refractivity contribution in [2.75, 3.05) is 12.8 Å². The van der Waals surface area contributed by atoms with Gasteiger partial charge in [-0.15, -0.1) is 0 Å². The lowest BCUT2D eigenvalue weighted by Gasteiger charge is -2.23. The van der Waals surface area contributed by atoms with Gasteiger partial charge in [0.1, 0.15) is 6.04 Å². The van der Waals surface area contributed by atoms with Gasteiger partial charge in [-0.2, -0.15) is 0 Å². The van der Waals surface area contributed by atoms with Crippen molar-refractivity contribution in [3.8, 4) is 0 Å². The van der Waals surface area contributed by atoms with E-state index in [1.54, 1.807) is 0 Å². The predicted octanol–water partition coefficient (Wildman–Crippen LogP) is -1.17. The molecule has 0 saturated heterocycles. The fourth-order valence-corrected chi connectivity index (χ4v) is 1.51. The van der Waals surface area contributed by atoms with Crippen LogP contribution in [-0.4, -0.2) is 55.0 Å². The molecular weight excluding hydrogens is 302 g/mol. The second-order valence-corrected chi connectivity index (χ2v) is 7.90. The van der Waals surface area contributed by atoms with Crippen molar-refractivity contribution in [1.82, 2.24) is 10.6 Å². The first-order chi connectivity index (χ1) is 9.36. The van der Waals surface area contributed by atoms with Crippen molar-refractivity contribution < 1.29 is 27.9 Å². The van der Waals surface area contributed by atoms with Crippen LogP contribution in [-0.2, 0) is 19.4 Å². The molecule has 3 amide bonds. The Hall–Kier alpha value is -1.84. The number of rotatable bonds is 8. The molecule has 9 nitrogen and oxygen atoms in total. The zero-order chi connectivity index (χ0) is 16.8. The molecule has 0 fully saturated rings. The second kappa shape index (κ2) is 7.25. The van der Waals surface area contributed by atoms with Crippen molar-refractivity contribution in [2.45, 2.75) is 37.5 Å². The number of sulfone groups is 1. The van der Waals surface area contributed by atoms with E-state index in [0.717, 1.165) is 6.26 Å². The number of aliphatic carboxylic acids is 1. The first-order valence-electron chi connectivity index (χ1n) is 6.12. The largest absolute Gasteiger partial charge is 0.480 e. The monoisotopic (exact) mass is 323 g/mol. The third-order valence-corrected chi connectivity index (χ3v) is 5.11. The molecule has 0 radical (unpaired) electrons. The Morgan fingerprint density at radius 1 is 1.29 bits per heavy atom.